The van der Waals surface area contributed by atoms with E-state index in [9.17, 15) is 4.79 Å². The van der Waals surface area contributed by atoms with E-state index in [1.807, 2.05) is 36.0 Å². The molecular formula is C20H27N2O2S+. The predicted molar refractivity (Wildman–Crippen MR) is 105 cm³/mol. The molecule has 2 aromatic rings. The van der Waals surface area contributed by atoms with Gasteiger partial charge in [-0.1, -0.05) is 23.8 Å². The number of carbonyl (C=O) groups is 1. The zero-order valence-corrected chi connectivity index (χ0v) is 16.0. The molecule has 25 heavy (non-hydrogen) atoms. The molecule has 2 aromatic carbocycles. The molecule has 0 aliphatic heterocycles. The van der Waals surface area contributed by atoms with E-state index in [0.29, 0.717) is 6.54 Å². The maximum Gasteiger partial charge on any atom is 0.279 e. The molecule has 0 bridgehead atoms. The summed E-state index contributed by atoms with van der Waals surface area (Å²) in [6.45, 7) is 6.58. The lowest BCUT2D eigenvalue weighted by atomic mass is 10.2. The van der Waals surface area contributed by atoms with Gasteiger partial charge in [-0.25, -0.2) is 0 Å². The Hall–Kier alpha value is -1.98. The van der Waals surface area contributed by atoms with E-state index in [1.165, 1.54) is 15.4 Å². The number of thioether (sulfide) groups is 1. The summed E-state index contributed by atoms with van der Waals surface area (Å²) in [6, 6.07) is 16.0. The zero-order chi connectivity index (χ0) is 18.1. The van der Waals surface area contributed by atoms with Crippen molar-refractivity contribution in [3.63, 3.8) is 0 Å². The number of hydrogen-bond acceptors (Lipinski definition) is 3. The Bertz CT molecular complexity index is 674. The Morgan fingerprint density at radius 2 is 1.96 bits per heavy atom. The number of nitrogens with one attached hydrogen (secondary N) is 2. The average Bonchev–Trinajstić information content (AvgIpc) is 2.62. The molecule has 0 fully saturated rings. The van der Waals surface area contributed by atoms with Crippen molar-refractivity contribution in [3.05, 3.63) is 54.1 Å². The van der Waals surface area contributed by atoms with Crippen LogP contribution in [0.4, 0.5) is 5.69 Å². The summed E-state index contributed by atoms with van der Waals surface area (Å²) in [6.07, 6.45) is 0. The van der Waals surface area contributed by atoms with Crippen LogP contribution < -0.4 is 15.0 Å². The van der Waals surface area contributed by atoms with Crippen LogP contribution in [0, 0.1) is 6.92 Å². The molecule has 2 N–H and O–H groups in total. The van der Waals surface area contributed by atoms with Crippen LogP contribution in [0.1, 0.15) is 12.5 Å². The Morgan fingerprint density at radius 3 is 2.64 bits per heavy atom. The van der Waals surface area contributed by atoms with Gasteiger partial charge in [0.25, 0.3) is 5.91 Å². The molecule has 0 radical (unpaired) electrons. The third-order valence-electron chi connectivity index (χ3n) is 4.01. The quantitative estimate of drug-likeness (QED) is 0.677. The van der Waals surface area contributed by atoms with E-state index in [0.717, 1.165) is 30.3 Å². The minimum Gasteiger partial charge on any atom is -0.497 e. The number of amides is 1. The largest absolute Gasteiger partial charge is 0.497 e. The Labute approximate surface area is 154 Å². The van der Waals surface area contributed by atoms with Gasteiger partial charge in [-0.15, -0.1) is 11.8 Å². The molecule has 134 valence electrons. The molecule has 0 saturated carbocycles. The van der Waals surface area contributed by atoms with Crippen LogP contribution in [0.2, 0.25) is 0 Å². The highest BCUT2D eigenvalue weighted by Crippen LogP contribution is 2.17. The van der Waals surface area contributed by atoms with E-state index >= 15 is 0 Å². The molecule has 0 saturated heterocycles. The normalized spacial score (nSPS) is 11.8. The molecule has 0 aliphatic rings. The highest BCUT2D eigenvalue weighted by Gasteiger charge is 2.13. The lowest BCUT2D eigenvalue weighted by Crippen LogP contribution is -3.13. The first-order valence-electron chi connectivity index (χ1n) is 8.57. The molecular weight excluding hydrogens is 332 g/mol. The molecule has 1 amide bonds. The van der Waals surface area contributed by atoms with Gasteiger partial charge in [-0.05, 0) is 38.1 Å². The average molecular weight is 360 g/mol. The second kappa shape index (κ2) is 10.1. The number of benzene rings is 2. The third kappa shape index (κ3) is 6.80. The SMILES string of the molecule is CC[NH+](CCSc1ccc(C)cc1)CC(=O)Nc1cccc(OC)c1. The number of carbonyl (C=O) groups excluding carboxylic acids is 1. The number of methoxy groups -OCH3 is 1. The number of anilines is 1. The summed E-state index contributed by atoms with van der Waals surface area (Å²) in [5.41, 5.74) is 2.05. The first-order chi connectivity index (χ1) is 12.1. The number of hydrogen-bond donors (Lipinski definition) is 2. The fraction of sp³-hybridized carbons (Fsp3) is 0.350. The number of quaternary nitrogens is 1. The van der Waals surface area contributed by atoms with Crippen molar-refractivity contribution in [1.29, 1.82) is 0 Å². The van der Waals surface area contributed by atoms with Gasteiger partial charge in [0.05, 0.1) is 20.2 Å². The number of rotatable bonds is 9. The summed E-state index contributed by atoms with van der Waals surface area (Å²) >= 11 is 1.84. The fourth-order valence-corrected chi connectivity index (χ4v) is 3.43. The number of ether oxygens (including phenoxy) is 1. The lowest BCUT2D eigenvalue weighted by Gasteiger charge is -2.17. The van der Waals surface area contributed by atoms with Crippen molar-refractivity contribution >= 4 is 23.4 Å². The number of aryl methyl sites for hydroxylation is 1. The number of likely N-dealkylation sites (N-methyl/N-ethyl adjacent to an activating group) is 1. The zero-order valence-electron chi connectivity index (χ0n) is 15.2. The maximum atomic E-state index is 12.3. The highest BCUT2D eigenvalue weighted by molar-refractivity contribution is 7.99. The van der Waals surface area contributed by atoms with Crippen molar-refractivity contribution in [2.45, 2.75) is 18.7 Å². The van der Waals surface area contributed by atoms with Crippen LogP contribution in [0.25, 0.3) is 0 Å². The standard InChI is InChI=1S/C20H26N2O2S/c1-4-22(12-13-25-19-10-8-16(2)9-11-19)15-20(23)21-17-6-5-7-18(14-17)24-3/h5-11,14H,4,12-13,15H2,1-3H3,(H,21,23)/p+1. The molecule has 0 heterocycles. The van der Waals surface area contributed by atoms with Crippen molar-refractivity contribution in [1.82, 2.24) is 0 Å². The Morgan fingerprint density at radius 1 is 1.20 bits per heavy atom. The second-order valence-corrected chi connectivity index (χ2v) is 7.14. The van der Waals surface area contributed by atoms with E-state index < -0.39 is 0 Å². The van der Waals surface area contributed by atoms with Gasteiger partial charge >= 0.3 is 0 Å². The fourth-order valence-electron chi connectivity index (χ4n) is 2.47. The summed E-state index contributed by atoms with van der Waals surface area (Å²) in [4.78, 5) is 14.8. The monoisotopic (exact) mass is 359 g/mol. The van der Waals surface area contributed by atoms with Crippen LogP contribution in [0.3, 0.4) is 0 Å². The highest BCUT2D eigenvalue weighted by atomic mass is 32.2. The lowest BCUT2D eigenvalue weighted by molar-refractivity contribution is -0.887. The van der Waals surface area contributed by atoms with E-state index in [2.05, 4.69) is 43.4 Å². The molecule has 4 nitrogen and oxygen atoms in total. The molecule has 2 rings (SSSR count). The van der Waals surface area contributed by atoms with Crippen LogP contribution >= 0.6 is 11.8 Å². The Kier molecular flexibility index (Phi) is 7.82. The minimum atomic E-state index is 0.0328. The predicted octanol–water partition coefficient (Wildman–Crippen LogP) is 2.64. The van der Waals surface area contributed by atoms with Crippen LogP contribution in [0.15, 0.2) is 53.4 Å². The van der Waals surface area contributed by atoms with E-state index in [1.54, 1.807) is 7.11 Å². The summed E-state index contributed by atoms with van der Waals surface area (Å²) in [5.74, 6) is 1.77. The first-order valence-corrected chi connectivity index (χ1v) is 9.56. The van der Waals surface area contributed by atoms with Crippen LogP contribution in [0.5, 0.6) is 5.75 Å². The Balaban J connectivity index is 1.77. The van der Waals surface area contributed by atoms with Gasteiger partial charge in [0.15, 0.2) is 6.54 Å². The smallest absolute Gasteiger partial charge is 0.279 e. The first kappa shape index (κ1) is 19.3. The molecule has 5 heteroatoms. The van der Waals surface area contributed by atoms with Gasteiger partial charge in [0.2, 0.25) is 0 Å². The maximum absolute atomic E-state index is 12.3. The summed E-state index contributed by atoms with van der Waals surface area (Å²) < 4.78 is 5.18. The molecule has 1 unspecified atom stereocenters. The molecule has 0 spiro atoms. The van der Waals surface area contributed by atoms with Gasteiger partial charge < -0.3 is 15.0 Å². The minimum absolute atomic E-state index is 0.0328. The second-order valence-electron chi connectivity index (χ2n) is 5.97. The van der Waals surface area contributed by atoms with Crippen molar-refractivity contribution < 1.29 is 14.4 Å². The van der Waals surface area contributed by atoms with Crippen molar-refractivity contribution in [3.8, 4) is 5.75 Å². The van der Waals surface area contributed by atoms with E-state index in [-0.39, 0.29) is 5.91 Å². The van der Waals surface area contributed by atoms with Crippen molar-refractivity contribution in [2.24, 2.45) is 0 Å². The summed E-state index contributed by atoms with van der Waals surface area (Å²) in [7, 11) is 1.62. The van der Waals surface area contributed by atoms with Crippen LogP contribution in [-0.4, -0.2) is 38.4 Å². The van der Waals surface area contributed by atoms with E-state index in [4.69, 9.17) is 4.74 Å². The van der Waals surface area contributed by atoms with Gasteiger partial charge in [-0.2, -0.15) is 0 Å². The van der Waals surface area contributed by atoms with Crippen molar-refractivity contribution in [2.75, 3.05) is 37.8 Å². The third-order valence-corrected chi connectivity index (χ3v) is 5.02. The molecule has 0 aromatic heterocycles. The van der Waals surface area contributed by atoms with Gasteiger partial charge in [0.1, 0.15) is 5.75 Å². The molecule has 0 aliphatic carbocycles. The van der Waals surface area contributed by atoms with Gasteiger partial charge in [0, 0.05) is 22.4 Å². The topological polar surface area (TPSA) is 42.8 Å². The molecule has 1 atom stereocenters. The van der Waals surface area contributed by atoms with Gasteiger partial charge in [-0.3, -0.25) is 4.79 Å². The summed E-state index contributed by atoms with van der Waals surface area (Å²) in [5, 5.41) is 2.95. The van der Waals surface area contributed by atoms with Crippen LogP contribution in [-0.2, 0) is 4.79 Å².